The minimum absolute atomic E-state index is 0.696. The van der Waals surface area contributed by atoms with Gasteiger partial charge in [-0.1, -0.05) is 38.1 Å². The van der Waals surface area contributed by atoms with Crippen LogP contribution in [0, 0.1) is 5.92 Å². The summed E-state index contributed by atoms with van der Waals surface area (Å²) in [4.78, 5) is 0. The van der Waals surface area contributed by atoms with Crippen LogP contribution in [0.4, 0.5) is 0 Å². The van der Waals surface area contributed by atoms with Crippen LogP contribution >= 0.6 is 0 Å². The second-order valence-electron chi connectivity index (χ2n) is 5.80. The number of hydrogen-bond acceptors (Lipinski definition) is 1. The van der Waals surface area contributed by atoms with Crippen molar-refractivity contribution in [3.05, 3.63) is 35.4 Å². The molecular weight excluding hydrogens is 218 g/mol. The van der Waals surface area contributed by atoms with E-state index in [1.807, 2.05) is 0 Å². The van der Waals surface area contributed by atoms with Crippen molar-refractivity contribution in [3.63, 3.8) is 0 Å². The summed E-state index contributed by atoms with van der Waals surface area (Å²) >= 11 is 0. The fourth-order valence-corrected chi connectivity index (χ4v) is 2.79. The van der Waals surface area contributed by atoms with Gasteiger partial charge >= 0.3 is 0 Å². The van der Waals surface area contributed by atoms with Gasteiger partial charge in [0, 0.05) is 0 Å². The Balaban J connectivity index is 1.82. The van der Waals surface area contributed by atoms with Gasteiger partial charge in [0.25, 0.3) is 0 Å². The average Bonchev–Trinajstić information content (AvgIpc) is 2.46. The van der Waals surface area contributed by atoms with E-state index in [0.29, 0.717) is 5.92 Å². The van der Waals surface area contributed by atoms with E-state index < -0.39 is 0 Å². The lowest BCUT2D eigenvalue weighted by Gasteiger charge is -2.22. The lowest BCUT2D eigenvalue weighted by Crippen LogP contribution is -2.29. The van der Waals surface area contributed by atoms with Crippen LogP contribution in [0.1, 0.15) is 56.6 Å². The van der Waals surface area contributed by atoms with Crippen molar-refractivity contribution in [3.8, 4) is 0 Å². The highest BCUT2D eigenvalue weighted by atomic mass is 14.9. The topological polar surface area (TPSA) is 12.0 Å². The molecule has 1 nitrogen and oxygen atoms in total. The largest absolute Gasteiger partial charge is 0.316 e. The molecule has 2 rings (SSSR count). The van der Waals surface area contributed by atoms with Crippen molar-refractivity contribution in [1.29, 1.82) is 0 Å². The molecule has 1 aromatic rings. The minimum Gasteiger partial charge on any atom is -0.316 e. The molecule has 1 N–H and O–H groups in total. The zero-order valence-electron chi connectivity index (χ0n) is 11.9. The van der Waals surface area contributed by atoms with Crippen LogP contribution in [0.2, 0.25) is 0 Å². The molecule has 0 bridgehead atoms. The zero-order valence-corrected chi connectivity index (χ0v) is 11.9. The molecule has 1 aromatic carbocycles. The van der Waals surface area contributed by atoms with E-state index in [1.165, 1.54) is 56.3 Å². The van der Waals surface area contributed by atoms with Crippen LogP contribution in [-0.4, -0.2) is 13.1 Å². The van der Waals surface area contributed by atoms with Crippen molar-refractivity contribution >= 4 is 0 Å². The summed E-state index contributed by atoms with van der Waals surface area (Å²) in [5.41, 5.74) is 2.99. The number of rotatable bonds is 5. The highest BCUT2D eigenvalue weighted by Gasteiger charge is 2.12. The normalized spacial score (nSPS) is 21.8. The van der Waals surface area contributed by atoms with Gasteiger partial charge in [0.1, 0.15) is 0 Å². The summed E-state index contributed by atoms with van der Waals surface area (Å²) in [5, 5.41) is 3.50. The molecular formula is C17H27N. The molecule has 100 valence electrons. The van der Waals surface area contributed by atoms with Crippen LogP contribution in [0.25, 0.3) is 0 Å². The van der Waals surface area contributed by atoms with Crippen LogP contribution in [-0.2, 0) is 6.42 Å². The second kappa shape index (κ2) is 6.94. The number of hydrogen-bond donors (Lipinski definition) is 1. The Labute approximate surface area is 112 Å². The van der Waals surface area contributed by atoms with E-state index in [9.17, 15) is 0 Å². The first-order valence-corrected chi connectivity index (χ1v) is 7.59. The highest BCUT2D eigenvalue weighted by Crippen LogP contribution is 2.21. The Morgan fingerprint density at radius 1 is 1.28 bits per heavy atom. The van der Waals surface area contributed by atoms with E-state index in [0.717, 1.165) is 5.92 Å². The molecule has 1 heterocycles. The smallest absolute Gasteiger partial charge is 0.00204 e. The highest BCUT2D eigenvalue weighted by molar-refractivity contribution is 5.25. The first-order valence-electron chi connectivity index (χ1n) is 7.59. The predicted octanol–water partition coefficient (Wildman–Crippen LogP) is 4.13. The van der Waals surface area contributed by atoms with Gasteiger partial charge in [0.05, 0.1) is 0 Å². The molecule has 2 unspecified atom stereocenters. The van der Waals surface area contributed by atoms with Gasteiger partial charge in [-0.2, -0.15) is 0 Å². The Morgan fingerprint density at radius 2 is 2.06 bits per heavy atom. The van der Waals surface area contributed by atoms with Crippen LogP contribution in [0.15, 0.2) is 24.3 Å². The van der Waals surface area contributed by atoms with E-state index in [2.05, 4.69) is 43.4 Å². The third-order valence-corrected chi connectivity index (χ3v) is 4.40. The lowest BCUT2D eigenvalue weighted by atomic mass is 9.91. The molecule has 2 atom stereocenters. The number of nitrogens with one attached hydrogen (secondary N) is 1. The first kappa shape index (κ1) is 13.6. The Morgan fingerprint density at radius 3 is 2.67 bits per heavy atom. The molecule has 1 aliphatic rings. The summed E-state index contributed by atoms with van der Waals surface area (Å²) in [5.74, 6) is 1.59. The first-order chi connectivity index (χ1) is 8.79. The van der Waals surface area contributed by atoms with Crippen molar-refractivity contribution < 1.29 is 0 Å². The fraction of sp³-hybridized carbons (Fsp3) is 0.647. The molecule has 1 aliphatic heterocycles. The minimum atomic E-state index is 0.696. The Bertz CT molecular complexity index is 335. The molecule has 1 fully saturated rings. The second-order valence-corrected chi connectivity index (χ2v) is 5.80. The van der Waals surface area contributed by atoms with Gasteiger partial charge in [-0.05, 0) is 68.2 Å². The zero-order chi connectivity index (χ0) is 12.8. The summed E-state index contributed by atoms with van der Waals surface area (Å²) in [6.07, 6.45) is 6.59. The predicted molar refractivity (Wildman–Crippen MR) is 79.1 cm³/mol. The SMILES string of the molecule is CCC(C)c1ccc(CCC2CCCNC2)cc1. The summed E-state index contributed by atoms with van der Waals surface area (Å²) < 4.78 is 0. The standard InChI is InChI=1S/C17H27N/c1-3-14(2)17-10-8-15(9-11-17)6-7-16-5-4-12-18-13-16/h8-11,14,16,18H,3-7,12-13H2,1-2H3. The van der Waals surface area contributed by atoms with Gasteiger partial charge < -0.3 is 5.32 Å². The van der Waals surface area contributed by atoms with Gasteiger partial charge in [0.2, 0.25) is 0 Å². The fourth-order valence-electron chi connectivity index (χ4n) is 2.79. The van der Waals surface area contributed by atoms with E-state index in [-0.39, 0.29) is 0 Å². The molecule has 18 heavy (non-hydrogen) atoms. The van der Waals surface area contributed by atoms with E-state index >= 15 is 0 Å². The number of piperidine rings is 1. The van der Waals surface area contributed by atoms with E-state index in [1.54, 1.807) is 0 Å². The maximum absolute atomic E-state index is 3.50. The van der Waals surface area contributed by atoms with Gasteiger partial charge in [-0.25, -0.2) is 0 Å². The lowest BCUT2D eigenvalue weighted by molar-refractivity contribution is 0.358. The quantitative estimate of drug-likeness (QED) is 0.822. The summed E-state index contributed by atoms with van der Waals surface area (Å²) in [6.45, 7) is 7.02. The molecule has 0 radical (unpaired) electrons. The Hall–Kier alpha value is -0.820. The van der Waals surface area contributed by atoms with Crippen molar-refractivity contribution in [2.45, 2.75) is 51.9 Å². The van der Waals surface area contributed by atoms with Crippen LogP contribution in [0.5, 0.6) is 0 Å². The third kappa shape index (κ3) is 3.84. The monoisotopic (exact) mass is 245 g/mol. The van der Waals surface area contributed by atoms with Crippen LogP contribution < -0.4 is 5.32 Å². The molecule has 0 amide bonds. The third-order valence-electron chi connectivity index (χ3n) is 4.40. The van der Waals surface area contributed by atoms with Crippen LogP contribution in [0.3, 0.4) is 0 Å². The molecule has 1 saturated heterocycles. The maximum atomic E-state index is 3.50. The van der Waals surface area contributed by atoms with Gasteiger partial charge in [-0.3, -0.25) is 0 Å². The molecule has 0 spiro atoms. The van der Waals surface area contributed by atoms with E-state index in [4.69, 9.17) is 0 Å². The number of benzene rings is 1. The van der Waals surface area contributed by atoms with Crippen molar-refractivity contribution in [2.24, 2.45) is 5.92 Å². The van der Waals surface area contributed by atoms with Crippen molar-refractivity contribution in [2.75, 3.05) is 13.1 Å². The molecule has 0 saturated carbocycles. The van der Waals surface area contributed by atoms with Gasteiger partial charge in [-0.15, -0.1) is 0 Å². The molecule has 1 heteroatoms. The van der Waals surface area contributed by atoms with Crippen molar-refractivity contribution in [1.82, 2.24) is 5.32 Å². The summed E-state index contributed by atoms with van der Waals surface area (Å²) in [7, 11) is 0. The maximum Gasteiger partial charge on any atom is -0.00204 e. The average molecular weight is 245 g/mol. The molecule has 0 aromatic heterocycles. The van der Waals surface area contributed by atoms with Gasteiger partial charge in [0.15, 0.2) is 0 Å². The number of aryl methyl sites for hydroxylation is 1. The summed E-state index contributed by atoms with van der Waals surface area (Å²) in [6, 6.07) is 9.31. The Kier molecular flexibility index (Phi) is 5.25. The molecule has 0 aliphatic carbocycles.